The Labute approximate surface area is 226 Å². The highest BCUT2D eigenvalue weighted by Gasteiger charge is 2.23. The lowest BCUT2D eigenvalue weighted by Crippen LogP contribution is -2.41. The first-order valence-corrected chi connectivity index (χ1v) is 13.9. The number of nitrogens with one attached hydrogen (secondary N) is 1. The first-order valence-electron chi connectivity index (χ1n) is 12.5. The fourth-order valence-corrected chi connectivity index (χ4v) is 5.47. The minimum absolute atomic E-state index is 0.0259. The maximum absolute atomic E-state index is 12.8. The summed E-state index contributed by atoms with van der Waals surface area (Å²) >= 11 is 7.50. The number of ether oxygens (including phenoxy) is 1. The Morgan fingerprint density at radius 2 is 1.68 bits per heavy atom. The first-order chi connectivity index (χ1) is 18.1. The zero-order chi connectivity index (χ0) is 25.6. The lowest BCUT2D eigenvalue weighted by molar-refractivity contribution is -0.119. The molecule has 6 nitrogen and oxygen atoms in total. The lowest BCUT2D eigenvalue weighted by atomic mass is 9.86. The largest absolute Gasteiger partial charge is 0.457 e. The number of para-hydroxylation sites is 1. The van der Waals surface area contributed by atoms with Crippen LogP contribution in [0.15, 0.2) is 84.0 Å². The van der Waals surface area contributed by atoms with Crippen LogP contribution in [0.2, 0.25) is 5.02 Å². The Morgan fingerprint density at radius 1 is 0.973 bits per heavy atom. The molecule has 3 aromatic carbocycles. The molecule has 1 N–H and O–H groups in total. The number of thioether (sulfide) groups is 1. The van der Waals surface area contributed by atoms with Crippen LogP contribution in [0.25, 0.3) is 17.1 Å². The molecular weight excluding hydrogens is 504 g/mol. The average Bonchev–Trinajstić information content (AvgIpc) is 3.34. The van der Waals surface area contributed by atoms with Crippen LogP contribution in [0.5, 0.6) is 11.5 Å². The lowest BCUT2D eigenvalue weighted by Gasteiger charge is -2.29. The van der Waals surface area contributed by atoms with Gasteiger partial charge in [0.1, 0.15) is 11.5 Å². The molecule has 37 heavy (non-hydrogen) atoms. The Kier molecular flexibility index (Phi) is 8.12. The van der Waals surface area contributed by atoms with Crippen LogP contribution in [0.4, 0.5) is 0 Å². The van der Waals surface area contributed by atoms with Gasteiger partial charge in [0.05, 0.1) is 5.75 Å². The van der Waals surface area contributed by atoms with Gasteiger partial charge in [-0.05, 0) is 79.4 Å². The van der Waals surface area contributed by atoms with Crippen molar-refractivity contribution < 1.29 is 9.53 Å². The Hall–Kier alpha value is -3.29. The number of amides is 1. The molecule has 1 aromatic heterocycles. The van der Waals surface area contributed by atoms with Gasteiger partial charge in [-0.2, -0.15) is 0 Å². The molecule has 1 amide bonds. The van der Waals surface area contributed by atoms with E-state index in [-0.39, 0.29) is 17.7 Å². The van der Waals surface area contributed by atoms with Crippen LogP contribution in [0, 0.1) is 5.92 Å². The van der Waals surface area contributed by atoms with Crippen LogP contribution in [-0.2, 0) is 4.79 Å². The quantitative estimate of drug-likeness (QED) is 0.244. The smallest absolute Gasteiger partial charge is 0.230 e. The SMILES string of the molecule is C[C@@H]1CCCC[C@H]1NC(=O)CSc1nnc(-c2ccc(Cl)cc2)n1-c1ccc(Oc2ccccc2)cc1. The van der Waals surface area contributed by atoms with Crippen molar-refractivity contribution in [3.63, 3.8) is 0 Å². The minimum atomic E-state index is 0.0259. The van der Waals surface area contributed by atoms with Gasteiger partial charge >= 0.3 is 0 Å². The number of rotatable bonds is 8. The number of hydrogen-bond acceptors (Lipinski definition) is 5. The van der Waals surface area contributed by atoms with E-state index in [1.807, 2.05) is 83.4 Å². The third-order valence-corrected chi connectivity index (χ3v) is 7.78. The number of aromatic nitrogens is 3. The summed E-state index contributed by atoms with van der Waals surface area (Å²) < 4.78 is 7.92. The van der Waals surface area contributed by atoms with Crippen molar-refractivity contribution in [2.45, 2.75) is 43.8 Å². The molecule has 1 heterocycles. The van der Waals surface area contributed by atoms with Crippen molar-refractivity contribution in [1.82, 2.24) is 20.1 Å². The predicted molar refractivity (Wildman–Crippen MR) is 149 cm³/mol. The normalized spacial score (nSPS) is 17.4. The van der Waals surface area contributed by atoms with E-state index < -0.39 is 0 Å². The highest BCUT2D eigenvalue weighted by Crippen LogP contribution is 2.31. The van der Waals surface area contributed by atoms with Gasteiger partial charge < -0.3 is 10.1 Å². The molecule has 0 bridgehead atoms. The maximum Gasteiger partial charge on any atom is 0.230 e. The summed E-state index contributed by atoms with van der Waals surface area (Å²) in [4.78, 5) is 12.8. The highest BCUT2D eigenvalue weighted by atomic mass is 35.5. The molecule has 2 atom stereocenters. The van der Waals surface area contributed by atoms with Crippen LogP contribution in [-0.4, -0.2) is 32.5 Å². The maximum atomic E-state index is 12.8. The second-order valence-corrected chi connectivity index (χ2v) is 10.7. The molecule has 8 heteroatoms. The molecule has 1 aliphatic carbocycles. The van der Waals surface area contributed by atoms with Crippen LogP contribution in [0.3, 0.4) is 0 Å². The number of benzene rings is 3. The third-order valence-electron chi connectivity index (χ3n) is 6.60. The minimum Gasteiger partial charge on any atom is -0.457 e. The average molecular weight is 533 g/mol. The molecule has 5 rings (SSSR count). The molecule has 190 valence electrons. The molecule has 1 aliphatic rings. The predicted octanol–water partition coefficient (Wildman–Crippen LogP) is 7.17. The van der Waals surface area contributed by atoms with Crippen molar-refractivity contribution in [3.8, 4) is 28.6 Å². The van der Waals surface area contributed by atoms with Gasteiger partial charge in [0.25, 0.3) is 0 Å². The third kappa shape index (κ3) is 6.35. The summed E-state index contributed by atoms with van der Waals surface area (Å²) in [5, 5.41) is 13.4. The van der Waals surface area contributed by atoms with Gasteiger partial charge in [-0.1, -0.05) is 61.3 Å². The van der Waals surface area contributed by atoms with Crippen molar-refractivity contribution in [2.24, 2.45) is 5.92 Å². The van der Waals surface area contributed by atoms with E-state index in [4.69, 9.17) is 16.3 Å². The molecule has 0 saturated heterocycles. The number of carbonyl (C=O) groups is 1. The van der Waals surface area contributed by atoms with Gasteiger partial charge in [-0.25, -0.2) is 0 Å². The topological polar surface area (TPSA) is 69.0 Å². The molecule has 0 spiro atoms. The molecule has 1 saturated carbocycles. The van der Waals surface area contributed by atoms with Crippen molar-refractivity contribution in [3.05, 3.63) is 83.9 Å². The molecule has 0 radical (unpaired) electrons. The fraction of sp³-hybridized carbons (Fsp3) is 0.276. The zero-order valence-corrected chi connectivity index (χ0v) is 22.2. The Bertz CT molecular complexity index is 1330. The van der Waals surface area contributed by atoms with Gasteiger partial charge in [0.15, 0.2) is 11.0 Å². The van der Waals surface area contributed by atoms with Gasteiger partial charge in [-0.15, -0.1) is 10.2 Å². The van der Waals surface area contributed by atoms with Gasteiger partial charge in [0, 0.05) is 22.3 Å². The summed E-state index contributed by atoms with van der Waals surface area (Å²) in [5.41, 5.74) is 1.76. The Balaban J connectivity index is 1.37. The summed E-state index contributed by atoms with van der Waals surface area (Å²) in [5.74, 6) is 2.99. The standard InChI is InChI=1S/C29H29ClN4O2S/c1-20-7-5-6-10-26(20)31-27(35)19-37-29-33-32-28(21-11-13-22(30)14-12-21)34(29)23-15-17-25(18-16-23)36-24-8-3-2-4-9-24/h2-4,8-9,11-18,20,26H,5-7,10,19H2,1H3,(H,31,35)/t20-,26-/m1/s1. The fourth-order valence-electron chi connectivity index (χ4n) is 4.58. The number of nitrogens with zero attached hydrogens (tertiary/aromatic N) is 3. The van der Waals surface area contributed by atoms with Crippen LogP contribution < -0.4 is 10.1 Å². The van der Waals surface area contributed by atoms with Gasteiger partial charge in [0.2, 0.25) is 5.91 Å². The Morgan fingerprint density at radius 3 is 2.41 bits per heavy atom. The van der Waals surface area contributed by atoms with E-state index in [9.17, 15) is 4.79 Å². The van der Waals surface area contributed by atoms with E-state index in [0.29, 0.717) is 21.9 Å². The van der Waals surface area contributed by atoms with E-state index in [1.54, 1.807) is 0 Å². The van der Waals surface area contributed by atoms with Crippen LogP contribution >= 0.6 is 23.4 Å². The molecule has 0 aliphatic heterocycles. The number of hydrogen-bond donors (Lipinski definition) is 1. The summed E-state index contributed by atoms with van der Waals surface area (Å²) in [6.07, 6.45) is 4.63. The van der Waals surface area contributed by atoms with E-state index in [0.717, 1.165) is 29.2 Å². The molecule has 0 unspecified atom stereocenters. The second kappa shape index (κ2) is 11.8. The zero-order valence-electron chi connectivity index (χ0n) is 20.6. The summed E-state index contributed by atoms with van der Waals surface area (Å²) in [6, 6.07) is 25.2. The number of halogens is 1. The summed E-state index contributed by atoms with van der Waals surface area (Å²) in [6.45, 7) is 2.22. The molecule has 1 fully saturated rings. The number of carbonyl (C=O) groups excluding carboxylic acids is 1. The monoisotopic (exact) mass is 532 g/mol. The second-order valence-electron chi connectivity index (χ2n) is 9.28. The molecule has 4 aromatic rings. The summed E-state index contributed by atoms with van der Waals surface area (Å²) in [7, 11) is 0. The van der Waals surface area contributed by atoms with E-state index in [1.165, 1.54) is 31.0 Å². The van der Waals surface area contributed by atoms with E-state index >= 15 is 0 Å². The van der Waals surface area contributed by atoms with Crippen molar-refractivity contribution in [2.75, 3.05) is 5.75 Å². The van der Waals surface area contributed by atoms with Crippen LogP contribution in [0.1, 0.15) is 32.6 Å². The first kappa shape index (κ1) is 25.4. The highest BCUT2D eigenvalue weighted by molar-refractivity contribution is 7.99. The van der Waals surface area contributed by atoms with Crippen molar-refractivity contribution >= 4 is 29.3 Å². The van der Waals surface area contributed by atoms with E-state index in [2.05, 4.69) is 22.4 Å². The van der Waals surface area contributed by atoms with Gasteiger partial charge in [-0.3, -0.25) is 9.36 Å². The molecular formula is C29H29ClN4O2S. The van der Waals surface area contributed by atoms with Crippen molar-refractivity contribution in [1.29, 1.82) is 0 Å².